The molecule has 1 unspecified atom stereocenters. The zero-order valence-corrected chi connectivity index (χ0v) is 8.35. The molecule has 0 saturated carbocycles. The van der Waals surface area contributed by atoms with Gasteiger partial charge in [-0.05, 0) is 9.39 Å². The van der Waals surface area contributed by atoms with Gasteiger partial charge in [0.1, 0.15) is 17.1 Å². The Labute approximate surface area is 81.2 Å². The number of halogens is 1. The van der Waals surface area contributed by atoms with Gasteiger partial charge in [0.25, 0.3) is 0 Å². The van der Waals surface area contributed by atoms with E-state index in [1.54, 1.807) is 10.5 Å². The van der Waals surface area contributed by atoms with Crippen LogP contribution in [0, 0.1) is 0 Å². The van der Waals surface area contributed by atoms with Gasteiger partial charge >= 0.3 is 0 Å². The van der Waals surface area contributed by atoms with Crippen LogP contribution in [0.25, 0.3) is 11.0 Å². The van der Waals surface area contributed by atoms with Crippen LogP contribution < -0.4 is 0 Å². The van der Waals surface area contributed by atoms with Crippen LogP contribution >= 0.6 is 21.0 Å². The van der Waals surface area contributed by atoms with Gasteiger partial charge in [0.05, 0.1) is 5.39 Å². The maximum absolute atomic E-state index is 10.6. The number of aldehydes is 1. The maximum Gasteiger partial charge on any atom is 0.152 e. The zero-order chi connectivity index (χ0) is 9.42. The number of carbonyl (C=O) groups is 1. The summed E-state index contributed by atoms with van der Waals surface area (Å²) in [6.45, 7) is 0. The lowest BCUT2D eigenvalue weighted by atomic mass is 10.3. The van der Waals surface area contributed by atoms with E-state index in [9.17, 15) is 4.79 Å². The fourth-order valence-electron chi connectivity index (χ4n) is 1.16. The monoisotopic (exact) mass is 213 g/mol. The summed E-state index contributed by atoms with van der Waals surface area (Å²) in [4.78, 5) is 18.4. The Hall–Kier alpha value is -0.990. The van der Waals surface area contributed by atoms with Crippen molar-refractivity contribution in [2.24, 2.45) is 0 Å². The third kappa shape index (κ3) is 1.23. The molecule has 0 aliphatic heterocycles. The quantitative estimate of drug-likeness (QED) is 0.410. The summed E-state index contributed by atoms with van der Waals surface area (Å²) in [6.07, 6.45) is 3.74. The van der Waals surface area contributed by atoms with Gasteiger partial charge in [-0.25, -0.2) is 9.97 Å². The molecule has 66 valence electrons. The van der Waals surface area contributed by atoms with Crippen LogP contribution in [0.2, 0.25) is 5.15 Å². The molecular formula is C7H5ClN3OP. The second-order valence-corrected chi connectivity index (χ2v) is 3.39. The fraction of sp³-hybridized carbons (Fsp3) is 0. The smallest absolute Gasteiger partial charge is 0.152 e. The van der Waals surface area contributed by atoms with Crippen molar-refractivity contribution in [3.05, 3.63) is 23.2 Å². The molecule has 2 heterocycles. The molecule has 0 amide bonds. The molecule has 2 rings (SSSR count). The van der Waals surface area contributed by atoms with Crippen LogP contribution in [-0.4, -0.2) is 20.6 Å². The molecular weight excluding hydrogens is 209 g/mol. The van der Waals surface area contributed by atoms with Gasteiger partial charge in [-0.3, -0.25) is 4.79 Å². The van der Waals surface area contributed by atoms with Crippen molar-refractivity contribution in [3.63, 3.8) is 0 Å². The van der Waals surface area contributed by atoms with Crippen molar-refractivity contribution in [1.82, 2.24) is 14.3 Å². The molecule has 1 atom stereocenters. The molecule has 0 aliphatic rings. The molecule has 0 bridgehead atoms. The maximum atomic E-state index is 10.6. The zero-order valence-electron chi connectivity index (χ0n) is 6.44. The molecule has 0 fully saturated rings. The topological polar surface area (TPSA) is 47.8 Å². The van der Waals surface area contributed by atoms with E-state index in [0.717, 1.165) is 6.29 Å². The molecule has 0 radical (unpaired) electrons. The van der Waals surface area contributed by atoms with Crippen LogP contribution in [0.15, 0.2) is 12.5 Å². The Morgan fingerprint density at radius 1 is 1.54 bits per heavy atom. The Balaban J connectivity index is 2.96. The summed E-state index contributed by atoms with van der Waals surface area (Å²) in [5.74, 6) is 0. The first-order valence-corrected chi connectivity index (χ1v) is 4.35. The third-order valence-electron chi connectivity index (χ3n) is 1.72. The highest BCUT2D eigenvalue weighted by Crippen LogP contribution is 2.25. The average Bonchev–Trinajstić information content (AvgIpc) is 2.45. The van der Waals surface area contributed by atoms with Gasteiger partial charge < -0.3 is 4.34 Å². The molecule has 0 spiro atoms. The lowest BCUT2D eigenvalue weighted by molar-refractivity contribution is 0.112. The number of fused-ring (bicyclic) bond motifs is 1. The van der Waals surface area contributed by atoms with E-state index in [0.29, 0.717) is 21.7 Å². The van der Waals surface area contributed by atoms with Crippen LogP contribution in [0.4, 0.5) is 0 Å². The molecule has 2 aromatic heterocycles. The van der Waals surface area contributed by atoms with Gasteiger partial charge in [-0.15, -0.1) is 0 Å². The van der Waals surface area contributed by atoms with Crippen molar-refractivity contribution in [1.29, 1.82) is 0 Å². The molecule has 2 aromatic rings. The van der Waals surface area contributed by atoms with E-state index in [4.69, 9.17) is 11.6 Å². The van der Waals surface area contributed by atoms with E-state index in [1.165, 1.54) is 6.33 Å². The minimum atomic E-state index is 0.299. The summed E-state index contributed by atoms with van der Waals surface area (Å²) in [5, 5.41) is 0.891. The van der Waals surface area contributed by atoms with Crippen LogP contribution in [-0.2, 0) is 0 Å². The largest absolute Gasteiger partial charge is 0.316 e. The average molecular weight is 214 g/mol. The normalized spacial score (nSPS) is 10.6. The van der Waals surface area contributed by atoms with Gasteiger partial charge in [-0.2, -0.15) is 0 Å². The Morgan fingerprint density at radius 2 is 2.31 bits per heavy atom. The Bertz CT molecular complexity index is 482. The number of hydrogen-bond donors (Lipinski definition) is 0. The number of carbonyl (C=O) groups excluding carboxylic acids is 1. The minimum Gasteiger partial charge on any atom is -0.316 e. The second kappa shape index (κ2) is 3.05. The summed E-state index contributed by atoms with van der Waals surface area (Å²) in [5.41, 5.74) is 1.13. The molecule has 0 aromatic carbocycles. The van der Waals surface area contributed by atoms with Gasteiger partial charge in [0.2, 0.25) is 0 Å². The number of aromatic nitrogens is 3. The SMILES string of the molecule is O=Cc1cn(P)c2ncnc(Cl)c12. The highest BCUT2D eigenvalue weighted by molar-refractivity contribution is 7.14. The van der Waals surface area contributed by atoms with E-state index >= 15 is 0 Å². The van der Waals surface area contributed by atoms with Crippen LogP contribution in [0.1, 0.15) is 10.4 Å². The van der Waals surface area contributed by atoms with E-state index in [1.807, 2.05) is 0 Å². The van der Waals surface area contributed by atoms with Gasteiger partial charge in [0, 0.05) is 11.8 Å². The molecule has 0 N–H and O–H groups in total. The Morgan fingerprint density at radius 3 is 3.00 bits per heavy atom. The molecule has 4 nitrogen and oxygen atoms in total. The second-order valence-electron chi connectivity index (χ2n) is 2.47. The third-order valence-corrected chi connectivity index (χ3v) is 2.40. The Kier molecular flexibility index (Phi) is 2.02. The van der Waals surface area contributed by atoms with E-state index in [2.05, 4.69) is 19.4 Å². The lowest BCUT2D eigenvalue weighted by Gasteiger charge is -1.93. The van der Waals surface area contributed by atoms with E-state index in [-0.39, 0.29) is 0 Å². The predicted octanol–water partition coefficient (Wildman–Crippen LogP) is 1.54. The first-order valence-electron chi connectivity index (χ1n) is 3.46. The number of nitrogens with zero attached hydrogens (tertiary/aromatic N) is 3. The highest BCUT2D eigenvalue weighted by Gasteiger charge is 2.10. The highest BCUT2D eigenvalue weighted by atomic mass is 35.5. The first kappa shape index (κ1) is 8.60. The van der Waals surface area contributed by atoms with Gasteiger partial charge in [0.15, 0.2) is 6.29 Å². The predicted molar refractivity (Wildman–Crippen MR) is 53.0 cm³/mol. The summed E-state index contributed by atoms with van der Waals surface area (Å²) in [7, 11) is 2.43. The minimum absolute atomic E-state index is 0.299. The lowest BCUT2D eigenvalue weighted by Crippen LogP contribution is -1.84. The van der Waals surface area contributed by atoms with Crippen LogP contribution in [0.5, 0.6) is 0 Å². The summed E-state index contributed by atoms with van der Waals surface area (Å²) >= 11 is 5.82. The van der Waals surface area contributed by atoms with Crippen molar-refractivity contribution in [3.8, 4) is 0 Å². The molecule has 0 saturated heterocycles. The number of hydrogen-bond acceptors (Lipinski definition) is 3. The van der Waals surface area contributed by atoms with Gasteiger partial charge in [-0.1, -0.05) is 11.6 Å². The molecule has 13 heavy (non-hydrogen) atoms. The van der Waals surface area contributed by atoms with Crippen molar-refractivity contribution < 1.29 is 4.79 Å². The van der Waals surface area contributed by atoms with Crippen LogP contribution in [0.3, 0.4) is 0 Å². The summed E-state index contributed by atoms with van der Waals surface area (Å²) in [6, 6.07) is 0. The number of rotatable bonds is 1. The molecule has 6 heteroatoms. The van der Waals surface area contributed by atoms with E-state index < -0.39 is 0 Å². The standard InChI is InChI=1S/C7H5ClN3OP/c8-6-5-4(2-12)1-11(13)7(5)10-3-9-6/h1-3H,13H2. The fourth-order valence-corrected chi connectivity index (χ4v) is 1.76. The van der Waals surface area contributed by atoms with Crippen molar-refractivity contribution >= 4 is 38.3 Å². The van der Waals surface area contributed by atoms with Crippen molar-refractivity contribution in [2.45, 2.75) is 0 Å². The first-order chi connectivity index (χ1) is 6.24. The van der Waals surface area contributed by atoms with Crippen molar-refractivity contribution in [2.75, 3.05) is 0 Å². The summed E-state index contributed by atoms with van der Waals surface area (Å²) < 4.78 is 1.66. The molecule has 0 aliphatic carbocycles.